The van der Waals surface area contributed by atoms with Gasteiger partial charge in [0.05, 0.1) is 0 Å². The van der Waals surface area contributed by atoms with Gasteiger partial charge in [-0.3, -0.25) is 0 Å². The van der Waals surface area contributed by atoms with Gasteiger partial charge in [0, 0.05) is 0 Å². The van der Waals surface area contributed by atoms with Crippen molar-refractivity contribution in [2.24, 2.45) is 5.92 Å². The van der Waals surface area contributed by atoms with Crippen LogP contribution in [-0.2, 0) is 29.3 Å². The molecule has 0 saturated heterocycles. The summed E-state index contributed by atoms with van der Waals surface area (Å²) in [5.41, 5.74) is 1.51. The van der Waals surface area contributed by atoms with Crippen molar-refractivity contribution in [2.45, 2.75) is 35.3 Å². The number of hydrogen-bond donors (Lipinski definition) is 0. The third-order valence-corrected chi connectivity index (χ3v) is 11.7. The molecule has 19 heavy (non-hydrogen) atoms. The molecule has 0 aliphatic heterocycles. The Morgan fingerprint density at radius 1 is 1.16 bits per heavy atom. The van der Waals surface area contributed by atoms with Crippen LogP contribution in [0.3, 0.4) is 0 Å². The molecule has 0 amide bonds. The molecule has 0 radical (unpaired) electrons. The molecule has 0 aromatic carbocycles. The van der Waals surface area contributed by atoms with E-state index in [1.165, 1.54) is 5.57 Å². The zero-order valence-corrected chi connectivity index (χ0v) is 16.5. The van der Waals surface area contributed by atoms with E-state index in [0.29, 0.717) is 5.92 Å². The van der Waals surface area contributed by atoms with Crippen molar-refractivity contribution in [2.75, 3.05) is 21.3 Å². The summed E-state index contributed by atoms with van der Waals surface area (Å²) in [5, 5.41) is 7.36. The molecule has 0 bridgehead atoms. The van der Waals surface area contributed by atoms with Crippen LogP contribution in [0.2, 0.25) is 22.0 Å². The zero-order chi connectivity index (χ0) is 14.7. The van der Waals surface area contributed by atoms with Crippen LogP contribution in [0, 0.1) is 5.92 Å². The summed E-state index contributed by atoms with van der Waals surface area (Å²) >= 11 is -1.68. The molecule has 0 spiro atoms. The summed E-state index contributed by atoms with van der Waals surface area (Å²) in [4.78, 5) is 0. The van der Waals surface area contributed by atoms with Crippen molar-refractivity contribution in [3.8, 4) is 0 Å². The van der Waals surface area contributed by atoms with Crippen molar-refractivity contribution in [3.05, 3.63) is 21.7 Å². The van der Waals surface area contributed by atoms with Gasteiger partial charge in [-0.2, -0.15) is 0 Å². The Balaban J connectivity index is 2.94. The first-order chi connectivity index (χ1) is 8.79. The second-order valence-corrected chi connectivity index (χ2v) is 19.8. The molecule has 0 saturated carbocycles. The Morgan fingerprint density at radius 3 is 2.11 bits per heavy atom. The Morgan fingerprint density at radius 2 is 1.68 bits per heavy atom. The molecule has 3 nitrogen and oxygen atoms in total. The van der Waals surface area contributed by atoms with E-state index in [0.717, 1.165) is 12.5 Å². The van der Waals surface area contributed by atoms with Gasteiger partial charge < -0.3 is 0 Å². The van der Waals surface area contributed by atoms with Crippen LogP contribution < -0.4 is 0 Å². The fourth-order valence-electron chi connectivity index (χ4n) is 2.35. The molecule has 1 aliphatic rings. The summed E-state index contributed by atoms with van der Waals surface area (Å²) in [6.07, 6.45) is 5.74. The van der Waals surface area contributed by atoms with Crippen molar-refractivity contribution in [1.29, 1.82) is 0 Å². The molecule has 0 N–H and O–H groups in total. The molecule has 1 rings (SSSR count). The average Bonchev–Trinajstić information content (AvgIpc) is 2.85. The Kier molecular flexibility index (Phi) is 6.21. The fraction of sp³-hybridized carbons (Fsp3) is 0.714. The third kappa shape index (κ3) is 4.12. The topological polar surface area (TPSA) is 27.7 Å². The molecular weight excluding hydrogens is 439 g/mol. The van der Waals surface area contributed by atoms with E-state index >= 15 is 0 Å². The predicted molar refractivity (Wildman–Crippen MR) is 79.1 cm³/mol. The first-order valence-corrected chi connectivity index (χ1v) is 16.1. The molecule has 5 heteroatoms. The Bertz CT molecular complexity index is 359. The summed E-state index contributed by atoms with van der Waals surface area (Å²) in [6, 6.07) is 0.844. The predicted octanol–water partition coefficient (Wildman–Crippen LogP) is 4.01. The normalized spacial score (nSPS) is 19.1. The fourth-order valence-corrected chi connectivity index (χ4v) is 8.70. The molecular formula is C14H28O3PtSi. The van der Waals surface area contributed by atoms with Gasteiger partial charge in [-0.15, -0.1) is 0 Å². The van der Waals surface area contributed by atoms with Gasteiger partial charge in [0.1, 0.15) is 0 Å². The molecule has 0 aromatic rings. The number of hydrogen-bond acceptors (Lipinski definition) is 3. The molecule has 0 heterocycles. The number of allylic oxidation sites excluding steroid dienone is 4. The van der Waals surface area contributed by atoms with E-state index in [1.807, 2.05) is 0 Å². The third-order valence-electron chi connectivity index (χ3n) is 3.47. The van der Waals surface area contributed by atoms with E-state index in [9.17, 15) is 0 Å². The van der Waals surface area contributed by atoms with Crippen molar-refractivity contribution in [3.63, 3.8) is 0 Å². The summed E-state index contributed by atoms with van der Waals surface area (Å²) in [5.74, 6) is 0.434. The maximum atomic E-state index is 5.55. The first-order valence-electron chi connectivity index (χ1n) is 6.21. The minimum atomic E-state index is -2.48. The van der Waals surface area contributed by atoms with E-state index < -0.39 is 24.9 Å². The van der Waals surface area contributed by atoms with Crippen LogP contribution in [-0.4, -0.2) is 30.1 Å². The summed E-state index contributed by atoms with van der Waals surface area (Å²) in [7, 11) is 2.58. The van der Waals surface area contributed by atoms with Crippen molar-refractivity contribution in [1.82, 2.24) is 0 Å². The minimum absolute atomic E-state index is 0.434. The Labute approximate surface area is 122 Å². The van der Waals surface area contributed by atoms with Gasteiger partial charge in [0.2, 0.25) is 0 Å². The molecule has 116 valence electrons. The van der Waals surface area contributed by atoms with E-state index in [-0.39, 0.29) is 0 Å². The second kappa shape index (κ2) is 6.81. The molecule has 1 aliphatic carbocycles. The van der Waals surface area contributed by atoms with Crippen molar-refractivity contribution >= 4 is 8.80 Å². The molecule has 0 aromatic heterocycles. The van der Waals surface area contributed by atoms with Gasteiger partial charge in [-0.05, 0) is 0 Å². The standard InChI is InChI=1S/C11H19O3Si.3CH3.Pt/c1-10(11-7-5-6-8-11)9-15(12-2,13-3)14-4;;;;/h5,7,10H,6,9H2,1-4H3;3*1H3;. The van der Waals surface area contributed by atoms with Crippen molar-refractivity contribution < 1.29 is 29.3 Å². The Hall–Kier alpha value is 0.265. The van der Waals surface area contributed by atoms with Crippen LogP contribution in [0.5, 0.6) is 0 Å². The van der Waals surface area contributed by atoms with E-state index in [4.69, 9.17) is 13.3 Å². The van der Waals surface area contributed by atoms with Crippen LogP contribution >= 0.6 is 0 Å². The quantitative estimate of drug-likeness (QED) is 0.530. The maximum absolute atomic E-state index is 5.55. The van der Waals surface area contributed by atoms with Gasteiger partial charge in [-0.25, -0.2) is 0 Å². The van der Waals surface area contributed by atoms with E-state index in [1.54, 1.807) is 25.3 Å². The molecule has 1 unspecified atom stereocenters. The van der Waals surface area contributed by atoms with Gasteiger partial charge >= 0.3 is 122 Å². The monoisotopic (exact) mass is 467 g/mol. The SMILES string of the molecule is CO[Si](CC(C)C1=[C]([Pt]([CH3])([CH3])[CH3])CC=C1)(OC)OC. The second-order valence-electron chi connectivity index (χ2n) is 5.25. The van der Waals surface area contributed by atoms with Crippen LogP contribution in [0.15, 0.2) is 21.7 Å². The first kappa shape index (κ1) is 17.3. The van der Waals surface area contributed by atoms with Gasteiger partial charge in [-0.1, -0.05) is 0 Å². The van der Waals surface area contributed by atoms with Crippen LogP contribution in [0.1, 0.15) is 13.3 Å². The number of rotatable bonds is 7. The van der Waals surface area contributed by atoms with Gasteiger partial charge in [0.25, 0.3) is 0 Å². The van der Waals surface area contributed by atoms with Gasteiger partial charge in [0.15, 0.2) is 0 Å². The summed E-state index contributed by atoms with van der Waals surface area (Å²) < 4.78 is 18.3. The summed E-state index contributed by atoms with van der Waals surface area (Å²) in [6.45, 7) is 2.26. The molecule has 0 fully saturated rings. The van der Waals surface area contributed by atoms with E-state index in [2.05, 4.69) is 35.0 Å². The van der Waals surface area contributed by atoms with Crippen LogP contribution in [0.25, 0.3) is 0 Å². The molecule has 1 atom stereocenters. The zero-order valence-electron chi connectivity index (χ0n) is 13.2. The average molecular weight is 468 g/mol. The van der Waals surface area contributed by atoms with Crippen LogP contribution in [0.4, 0.5) is 0 Å².